The molecule has 0 bridgehead atoms. The normalized spacial score (nSPS) is 11.9. The number of rotatable bonds is 8. The number of imidazole rings is 1. The zero-order chi connectivity index (χ0) is 28.5. The smallest absolute Gasteiger partial charge is 0.417 e. The fourth-order valence-electron chi connectivity index (χ4n) is 4.04. The minimum absolute atomic E-state index is 0.0143. The predicted octanol–water partition coefficient (Wildman–Crippen LogP) is 4.44. The van der Waals surface area contributed by atoms with Crippen LogP contribution in [0.1, 0.15) is 42.9 Å². The Hall–Kier alpha value is -4.38. The molecular weight excluding hydrogens is 537 g/mol. The third-order valence-corrected chi connectivity index (χ3v) is 7.11. The van der Waals surface area contributed by atoms with Gasteiger partial charge in [0.1, 0.15) is 11.6 Å². The summed E-state index contributed by atoms with van der Waals surface area (Å²) in [6.07, 6.45) is -3.57. The number of nitrogens with zero attached hydrogens (tertiary/aromatic N) is 4. The highest BCUT2D eigenvalue weighted by Crippen LogP contribution is 2.35. The Bertz CT molecular complexity index is 1770. The van der Waals surface area contributed by atoms with Crippen molar-refractivity contribution in [1.82, 2.24) is 19.6 Å². The van der Waals surface area contributed by atoms with Gasteiger partial charge in [0.2, 0.25) is 0 Å². The summed E-state index contributed by atoms with van der Waals surface area (Å²) in [6, 6.07) is 7.72. The van der Waals surface area contributed by atoms with Crippen LogP contribution in [-0.4, -0.2) is 34.6 Å². The Morgan fingerprint density at radius 1 is 1.18 bits per heavy atom. The third-order valence-electron chi connectivity index (χ3n) is 5.73. The summed E-state index contributed by atoms with van der Waals surface area (Å²) in [5.74, 6) is 0.799. The van der Waals surface area contributed by atoms with E-state index < -0.39 is 32.9 Å². The van der Waals surface area contributed by atoms with Crippen molar-refractivity contribution in [2.24, 2.45) is 0 Å². The van der Waals surface area contributed by atoms with Crippen molar-refractivity contribution in [2.75, 3.05) is 11.3 Å². The van der Waals surface area contributed by atoms with Crippen LogP contribution in [0.5, 0.6) is 5.75 Å². The second-order valence-electron chi connectivity index (χ2n) is 8.49. The molecule has 4 aromatic rings. The monoisotopic (exact) mass is 560 g/mol. The van der Waals surface area contributed by atoms with Crippen molar-refractivity contribution < 1.29 is 26.3 Å². The van der Waals surface area contributed by atoms with Crippen LogP contribution in [0.25, 0.3) is 16.9 Å². The van der Waals surface area contributed by atoms with Gasteiger partial charge >= 0.3 is 6.18 Å². The average molecular weight is 561 g/mol. The fraction of sp³-hybridized carbons (Fsp3) is 0.280. The highest BCUT2D eigenvalue weighted by Gasteiger charge is 2.34. The van der Waals surface area contributed by atoms with E-state index in [0.717, 1.165) is 18.6 Å². The molecule has 0 unspecified atom stereocenters. The van der Waals surface area contributed by atoms with Crippen LogP contribution in [0, 0.1) is 18.3 Å². The van der Waals surface area contributed by atoms with Crippen molar-refractivity contribution >= 4 is 21.2 Å². The fourth-order valence-corrected chi connectivity index (χ4v) is 5.11. The minimum atomic E-state index is -4.86. The first-order valence-electron chi connectivity index (χ1n) is 11.8. The number of benzene rings is 2. The summed E-state index contributed by atoms with van der Waals surface area (Å²) in [5, 5.41) is 13.5. The second-order valence-corrected chi connectivity index (χ2v) is 10.2. The largest absolute Gasteiger partial charge is 0.493 e. The lowest BCUT2D eigenvalue weighted by molar-refractivity contribution is -0.137. The topological polar surface area (TPSA) is 142 Å². The van der Waals surface area contributed by atoms with Crippen LogP contribution < -0.4 is 15.0 Å². The van der Waals surface area contributed by atoms with Gasteiger partial charge in [-0.25, -0.2) is 17.9 Å². The molecule has 2 aromatic carbocycles. The van der Waals surface area contributed by atoms with Gasteiger partial charge in [0.05, 0.1) is 40.0 Å². The van der Waals surface area contributed by atoms with Gasteiger partial charge in [0.25, 0.3) is 15.6 Å². The highest BCUT2D eigenvalue weighted by atomic mass is 32.2. The second kappa shape index (κ2) is 10.4. The predicted molar refractivity (Wildman–Crippen MR) is 136 cm³/mol. The van der Waals surface area contributed by atoms with Crippen molar-refractivity contribution in [3.05, 3.63) is 69.4 Å². The summed E-state index contributed by atoms with van der Waals surface area (Å²) in [4.78, 5) is 19.7. The molecule has 0 aliphatic rings. The van der Waals surface area contributed by atoms with Crippen molar-refractivity contribution in [3.8, 4) is 23.2 Å². The average Bonchev–Trinajstić information content (AvgIpc) is 3.19. The van der Waals surface area contributed by atoms with Crippen LogP contribution in [0.15, 0.2) is 46.1 Å². The standard InChI is InChI=1S/C25H23F3N6O4S/c1-4-6-21-30-14(3)22-24(35)31-23(32-34(21)22)18-12-17(9-10-20(18)38-5-2)39(36,37)33-16-8-7-15(13-29)19(11-16)25(26,27)28/h7-12,33H,4-6H2,1-3H3,(H,31,32,35). The molecule has 0 spiro atoms. The van der Waals surface area contributed by atoms with E-state index in [1.165, 1.54) is 28.8 Å². The van der Waals surface area contributed by atoms with Gasteiger partial charge in [-0.3, -0.25) is 9.52 Å². The first kappa shape index (κ1) is 27.6. The summed E-state index contributed by atoms with van der Waals surface area (Å²) in [7, 11) is -4.42. The third kappa shape index (κ3) is 5.44. The molecule has 39 heavy (non-hydrogen) atoms. The van der Waals surface area contributed by atoms with Crippen LogP contribution in [0.3, 0.4) is 0 Å². The number of hydrogen-bond donors (Lipinski definition) is 2. The van der Waals surface area contributed by atoms with E-state index in [2.05, 4.69) is 19.8 Å². The zero-order valence-electron chi connectivity index (χ0n) is 21.0. The van der Waals surface area contributed by atoms with Gasteiger partial charge in [-0.2, -0.15) is 18.4 Å². The SMILES string of the molecule is CCCc1nc(C)c2c(=O)[nH]c(-c3cc(S(=O)(=O)Nc4ccc(C#N)c(C(F)(F)F)c4)ccc3OCC)nn12. The van der Waals surface area contributed by atoms with Crippen LogP contribution in [0.4, 0.5) is 18.9 Å². The van der Waals surface area contributed by atoms with E-state index in [4.69, 9.17) is 10.00 Å². The number of nitrogens with one attached hydrogen (secondary N) is 2. The molecule has 2 heterocycles. The number of alkyl halides is 3. The molecule has 0 atom stereocenters. The number of anilines is 1. The molecule has 14 heteroatoms. The number of ether oxygens (including phenoxy) is 1. The molecule has 0 radical (unpaired) electrons. The van der Waals surface area contributed by atoms with Crippen LogP contribution >= 0.6 is 0 Å². The van der Waals surface area contributed by atoms with E-state index in [1.54, 1.807) is 13.8 Å². The van der Waals surface area contributed by atoms with E-state index in [1.807, 2.05) is 6.92 Å². The number of aromatic nitrogens is 4. The Labute approximate surface area is 221 Å². The molecule has 10 nitrogen and oxygen atoms in total. The number of aryl methyl sites for hydroxylation is 2. The van der Waals surface area contributed by atoms with Gasteiger partial charge < -0.3 is 9.72 Å². The Balaban J connectivity index is 1.83. The first-order chi connectivity index (χ1) is 18.4. The van der Waals surface area contributed by atoms with E-state index in [0.29, 0.717) is 24.0 Å². The van der Waals surface area contributed by atoms with Gasteiger partial charge in [-0.05, 0) is 56.7 Å². The Kier molecular flexibility index (Phi) is 7.38. The van der Waals surface area contributed by atoms with E-state index in [9.17, 15) is 26.4 Å². The van der Waals surface area contributed by atoms with Gasteiger partial charge in [0, 0.05) is 12.1 Å². The molecule has 0 fully saturated rings. The molecule has 204 valence electrons. The maximum absolute atomic E-state index is 13.4. The number of H-pyrrole nitrogens is 1. The molecule has 4 rings (SSSR count). The summed E-state index contributed by atoms with van der Waals surface area (Å²) < 4.78 is 75.6. The minimum Gasteiger partial charge on any atom is -0.493 e. The lowest BCUT2D eigenvalue weighted by atomic mass is 10.1. The highest BCUT2D eigenvalue weighted by molar-refractivity contribution is 7.92. The summed E-state index contributed by atoms with van der Waals surface area (Å²) in [6.45, 7) is 5.57. The van der Waals surface area contributed by atoms with Gasteiger partial charge in [-0.15, -0.1) is 5.10 Å². The Morgan fingerprint density at radius 2 is 1.92 bits per heavy atom. The summed E-state index contributed by atoms with van der Waals surface area (Å²) in [5.41, 5.74) is -1.90. The van der Waals surface area contributed by atoms with Crippen molar-refractivity contribution in [1.29, 1.82) is 5.26 Å². The molecular formula is C25H23F3N6O4S. The molecule has 0 aliphatic heterocycles. The lowest BCUT2D eigenvalue weighted by Crippen LogP contribution is -2.17. The van der Waals surface area contributed by atoms with E-state index >= 15 is 0 Å². The number of sulfonamides is 1. The quantitative estimate of drug-likeness (QED) is 0.325. The van der Waals surface area contributed by atoms with Crippen molar-refractivity contribution in [3.63, 3.8) is 0 Å². The van der Waals surface area contributed by atoms with Crippen molar-refractivity contribution in [2.45, 2.75) is 44.7 Å². The number of nitriles is 1. The molecule has 0 amide bonds. The summed E-state index contributed by atoms with van der Waals surface area (Å²) >= 11 is 0. The first-order valence-corrected chi connectivity index (χ1v) is 13.3. The van der Waals surface area contributed by atoms with Gasteiger partial charge in [0.15, 0.2) is 11.3 Å². The molecule has 2 aromatic heterocycles. The number of aromatic amines is 1. The number of hydrogen-bond acceptors (Lipinski definition) is 7. The number of fused-ring (bicyclic) bond motifs is 1. The van der Waals surface area contributed by atoms with E-state index in [-0.39, 0.29) is 39.8 Å². The zero-order valence-corrected chi connectivity index (χ0v) is 21.9. The van der Waals surface area contributed by atoms with Crippen LogP contribution in [0.2, 0.25) is 0 Å². The number of halogens is 3. The van der Waals surface area contributed by atoms with Gasteiger partial charge in [-0.1, -0.05) is 6.92 Å². The maximum Gasteiger partial charge on any atom is 0.417 e. The molecule has 0 aliphatic carbocycles. The molecule has 0 saturated carbocycles. The molecule has 2 N–H and O–H groups in total. The Morgan fingerprint density at radius 3 is 2.56 bits per heavy atom. The maximum atomic E-state index is 13.4. The lowest BCUT2D eigenvalue weighted by Gasteiger charge is -2.15. The van der Waals surface area contributed by atoms with Crippen LogP contribution in [-0.2, 0) is 22.6 Å². The molecule has 0 saturated heterocycles.